The van der Waals surface area contributed by atoms with Gasteiger partial charge in [0.05, 0.1) is 25.5 Å². The smallest absolute Gasteiger partial charge is 0.337 e. The predicted octanol–water partition coefficient (Wildman–Crippen LogP) is 2.45. The highest BCUT2D eigenvalue weighted by Crippen LogP contribution is 2.23. The average molecular weight is 342 g/mol. The molecule has 2 rings (SSSR count). The fraction of sp³-hybridized carbons (Fsp3) is 0.167. The fourth-order valence-electron chi connectivity index (χ4n) is 2.14. The van der Waals surface area contributed by atoms with Crippen LogP contribution in [0.25, 0.3) is 0 Å². The van der Waals surface area contributed by atoms with E-state index in [2.05, 4.69) is 15.4 Å². The van der Waals surface area contributed by atoms with E-state index in [9.17, 15) is 14.4 Å². The lowest BCUT2D eigenvalue weighted by Gasteiger charge is -2.10. The molecule has 0 unspecified atom stereocenters. The van der Waals surface area contributed by atoms with Crippen LogP contribution in [0.15, 0.2) is 48.5 Å². The molecule has 7 nitrogen and oxygen atoms in total. The SMILES string of the molecule is COC(=O)c1cccc(NC(=O)CC(=O)Nc2ccccc2OC)c1. The van der Waals surface area contributed by atoms with Crippen LogP contribution < -0.4 is 15.4 Å². The summed E-state index contributed by atoms with van der Waals surface area (Å²) in [7, 11) is 2.77. The van der Waals surface area contributed by atoms with Crippen LogP contribution in [0.2, 0.25) is 0 Å². The minimum Gasteiger partial charge on any atom is -0.495 e. The van der Waals surface area contributed by atoms with Crippen LogP contribution in [0.5, 0.6) is 5.75 Å². The molecule has 0 spiro atoms. The number of carbonyl (C=O) groups is 3. The van der Waals surface area contributed by atoms with Crippen LogP contribution in [0.1, 0.15) is 16.8 Å². The number of esters is 1. The zero-order valence-electron chi connectivity index (χ0n) is 13.9. The normalized spacial score (nSPS) is 9.84. The summed E-state index contributed by atoms with van der Waals surface area (Å²) < 4.78 is 9.76. The number of benzene rings is 2. The second-order valence-corrected chi connectivity index (χ2v) is 5.05. The van der Waals surface area contributed by atoms with Gasteiger partial charge in [0.1, 0.15) is 12.2 Å². The van der Waals surface area contributed by atoms with E-state index in [4.69, 9.17) is 4.74 Å². The van der Waals surface area contributed by atoms with Crippen molar-refractivity contribution >= 4 is 29.2 Å². The van der Waals surface area contributed by atoms with E-state index in [0.29, 0.717) is 22.7 Å². The zero-order valence-corrected chi connectivity index (χ0v) is 13.9. The lowest BCUT2D eigenvalue weighted by molar-refractivity contribution is -0.123. The molecular formula is C18H18N2O5. The van der Waals surface area contributed by atoms with Gasteiger partial charge in [0.15, 0.2) is 0 Å². The molecule has 0 saturated heterocycles. The first-order valence-corrected chi connectivity index (χ1v) is 7.44. The zero-order chi connectivity index (χ0) is 18.2. The second kappa shape index (κ2) is 8.49. The monoisotopic (exact) mass is 342 g/mol. The Bertz CT molecular complexity index is 789. The van der Waals surface area contributed by atoms with E-state index in [0.717, 1.165) is 0 Å². The van der Waals surface area contributed by atoms with Gasteiger partial charge in [0.25, 0.3) is 0 Å². The molecule has 7 heteroatoms. The third-order valence-electron chi connectivity index (χ3n) is 3.27. The first-order valence-electron chi connectivity index (χ1n) is 7.44. The van der Waals surface area contributed by atoms with Gasteiger partial charge in [-0.1, -0.05) is 18.2 Å². The molecule has 25 heavy (non-hydrogen) atoms. The van der Waals surface area contributed by atoms with Crippen molar-refractivity contribution < 1.29 is 23.9 Å². The molecule has 0 aliphatic rings. The van der Waals surface area contributed by atoms with Gasteiger partial charge in [0, 0.05) is 5.69 Å². The molecule has 0 radical (unpaired) electrons. The molecule has 0 saturated carbocycles. The van der Waals surface area contributed by atoms with Gasteiger partial charge in [-0.2, -0.15) is 0 Å². The highest BCUT2D eigenvalue weighted by Gasteiger charge is 2.13. The maximum Gasteiger partial charge on any atom is 0.337 e. The maximum absolute atomic E-state index is 12.0. The Morgan fingerprint density at radius 1 is 0.920 bits per heavy atom. The molecule has 2 N–H and O–H groups in total. The highest BCUT2D eigenvalue weighted by molar-refractivity contribution is 6.08. The van der Waals surface area contributed by atoms with E-state index in [-0.39, 0.29) is 6.42 Å². The molecule has 0 bridgehead atoms. The molecule has 2 aromatic rings. The summed E-state index contributed by atoms with van der Waals surface area (Å²) in [6, 6.07) is 13.2. The third kappa shape index (κ3) is 5.07. The number of carbonyl (C=O) groups excluding carboxylic acids is 3. The largest absolute Gasteiger partial charge is 0.495 e. The van der Waals surface area contributed by atoms with Crippen molar-refractivity contribution in [1.82, 2.24) is 0 Å². The van der Waals surface area contributed by atoms with Crippen LogP contribution in [-0.4, -0.2) is 32.0 Å². The summed E-state index contributed by atoms with van der Waals surface area (Å²) in [4.78, 5) is 35.5. The average Bonchev–Trinajstić information content (AvgIpc) is 2.61. The Labute approximate surface area is 144 Å². The number of hydrogen-bond donors (Lipinski definition) is 2. The van der Waals surface area contributed by atoms with Crippen molar-refractivity contribution in [3.63, 3.8) is 0 Å². The minimum atomic E-state index is -0.509. The number of hydrogen-bond acceptors (Lipinski definition) is 5. The highest BCUT2D eigenvalue weighted by atomic mass is 16.5. The molecule has 0 heterocycles. The van der Waals surface area contributed by atoms with Gasteiger partial charge in [-0.15, -0.1) is 0 Å². The number of ether oxygens (including phenoxy) is 2. The van der Waals surface area contributed by atoms with Crippen molar-refractivity contribution in [2.75, 3.05) is 24.9 Å². The van der Waals surface area contributed by atoms with E-state index in [1.807, 2.05) is 0 Å². The quantitative estimate of drug-likeness (QED) is 0.621. The Morgan fingerprint density at radius 3 is 2.36 bits per heavy atom. The van der Waals surface area contributed by atoms with Gasteiger partial charge in [-0.05, 0) is 30.3 Å². The van der Waals surface area contributed by atoms with Gasteiger partial charge in [-0.3, -0.25) is 9.59 Å². The first kappa shape index (κ1) is 18.0. The first-order chi connectivity index (χ1) is 12.0. The topological polar surface area (TPSA) is 93.7 Å². The Morgan fingerprint density at radius 2 is 1.64 bits per heavy atom. The molecule has 0 aromatic heterocycles. The molecule has 130 valence electrons. The summed E-state index contributed by atoms with van der Waals surface area (Å²) >= 11 is 0. The fourth-order valence-corrected chi connectivity index (χ4v) is 2.14. The number of amides is 2. The number of para-hydroxylation sites is 2. The van der Waals surface area contributed by atoms with Crippen LogP contribution in [0, 0.1) is 0 Å². The standard InChI is InChI=1S/C18H18N2O5/c1-24-15-9-4-3-8-14(15)20-17(22)11-16(21)19-13-7-5-6-12(10-13)18(23)25-2/h3-10H,11H2,1-2H3,(H,19,21)(H,20,22). The molecule has 0 aliphatic heterocycles. The van der Waals surface area contributed by atoms with Gasteiger partial charge in [-0.25, -0.2) is 4.79 Å². The number of anilines is 2. The molecule has 2 aromatic carbocycles. The lowest BCUT2D eigenvalue weighted by Crippen LogP contribution is -2.21. The van der Waals surface area contributed by atoms with Crippen LogP contribution >= 0.6 is 0 Å². The summed E-state index contributed by atoms with van der Waals surface area (Å²) in [5.74, 6) is -0.993. The number of methoxy groups -OCH3 is 2. The van der Waals surface area contributed by atoms with Gasteiger partial charge >= 0.3 is 5.97 Å². The molecule has 0 fully saturated rings. The van der Waals surface area contributed by atoms with Crippen LogP contribution in [0.3, 0.4) is 0 Å². The van der Waals surface area contributed by atoms with E-state index in [1.165, 1.54) is 20.3 Å². The van der Waals surface area contributed by atoms with Crippen molar-refractivity contribution in [3.05, 3.63) is 54.1 Å². The van der Waals surface area contributed by atoms with E-state index >= 15 is 0 Å². The van der Waals surface area contributed by atoms with E-state index in [1.54, 1.807) is 42.5 Å². The predicted molar refractivity (Wildman–Crippen MR) is 92.7 cm³/mol. The van der Waals surface area contributed by atoms with Gasteiger partial charge < -0.3 is 20.1 Å². The maximum atomic E-state index is 12.0. The van der Waals surface area contributed by atoms with E-state index < -0.39 is 17.8 Å². The summed E-state index contributed by atoms with van der Waals surface area (Å²) in [5, 5.41) is 5.19. The second-order valence-electron chi connectivity index (χ2n) is 5.05. The minimum absolute atomic E-state index is 0.304. The number of rotatable bonds is 6. The van der Waals surface area contributed by atoms with Crippen molar-refractivity contribution in [2.45, 2.75) is 6.42 Å². The lowest BCUT2D eigenvalue weighted by atomic mass is 10.2. The Kier molecular flexibility index (Phi) is 6.11. The molecule has 2 amide bonds. The summed E-state index contributed by atoms with van der Waals surface area (Å²) in [6.45, 7) is 0. The van der Waals surface area contributed by atoms with Crippen LogP contribution in [0.4, 0.5) is 11.4 Å². The molecular weight excluding hydrogens is 324 g/mol. The van der Waals surface area contributed by atoms with Crippen molar-refractivity contribution in [3.8, 4) is 5.75 Å². The third-order valence-corrected chi connectivity index (χ3v) is 3.27. The van der Waals surface area contributed by atoms with Crippen molar-refractivity contribution in [2.24, 2.45) is 0 Å². The summed E-state index contributed by atoms with van der Waals surface area (Å²) in [6.07, 6.45) is -0.375. The molecule has 0 aliphatic carbocycles. The summed E-state index contributed by atoms with van der Waals surface area (Å²) in [5.41, 5.74) is 1.19. The Hall–Kier alpha value is -3.35. The Balaban J connectivity index is 1.96. The molecule has 0 atom stereocenters. The van der Waals surface area contributed by atoms with Crippen molar-refractivity contribution in [1.29, 1.82) is 0 Å². The van der Waals surface area contributed by atoms with Gasteiger partial charge in [0.2, 0.25) is 11.8 Å². The number of nitrogens with one attached hydrogen (secondary N) is 2. The van der Waals surface area contributed by atoms with Crippen LogP contribution in [-0.2, 0) is 14.3 Å².